The van der Waals surface area contributed by atoms with Gasteiger partial charge in [0.15, 0.2) is 11.6 Å². The highest BCUT2D eigenvalue weighted by atomic mass is 19.2. The number of nitrogens with zero attached hydrogens (tertiary/aromatic N) is 6. The Morgan fingerprint density at radius 3 is 2.51 bits per heavy atom. The molecule has 3 aromatic rings. The van der Waals surface area contributed by atoms with Crippen molar-refractivity contribution in [3.8, 4) is 5.95 Å². The lowest BCUT2D eigenvalue weighted by molar-refractivity contribution is -0.135. The Morgan fingerprint density at radius 2 is 1.86 bits per heavy atom. The molecule has 2 aliphatic heterocycles. The van der Waals surface area contributed by atoms with Gasteiger partial charge in [-0.25, -0.2) is 8.78 Å². The minimum absolute atomic E-state index is 0.00735. The third kappa shape index (κ3) is 4.42. The largest absolute Gasteiger partial charge is 0.387 e. The summed E-state index contributed by atoms with van der Waals surface area (Å²) in [5, 5.41) is 18.1. The number of aliphatic hydroxyl groups is 1. The molecule has 11 heteroatoms. The second-order valence-corrected chi connectivity index (χ2v) is 9.72. The molecular weight excluding hydrogens is 458 g/mol. The summed E-state index contributed by atoms with van der Waals surface area (Å²) >= 11 is 0. The lowest BCUT2D eigenvalue weighted by atomic mass is 9.93. The highest BCUT2D eigenvalue weighted by Crippen LogP contribution is 2.32. The zero-order valence-corrected chi connectivity index (χ0v) is 20.0. The number of amides is 1. The molecule has 2 fully saturated rings. The number of hydrogen-bond acceptors (Lipinski definition) is 7. The van der Waals surface area contributed by atoms with Crippen molar-refractivity contribution < 1.29 is 23.2 Å². The summed E-state index contributed by atoms with van der Waals surface area (Å²) in [4.78, 5) is 20.4. The van der Waals surface area contributed by atoms with Gasteiger partial charge >= 0.3 is 0 Å². The van der Waals surface area contributed by atoms with Crippen LogP contribution in [0.3, 0.4) is 0 Å². The Kier molecular flexibility index (Phi) is 6.54. The van der Waals surface area contributed by atoms with Gasteiger partial charge in [-0.05, 0) is 62.0 Å². The molecule has 0 spiro atoms. The van der Waals surface area contributed by atoms with Crippen LogP contribution in [-0.4, -0.2) is 79.6 Å². The number of rotatable bonds is 5. The van der Waals surface area contributed by atoms with Crippen LogP contribution in [0.15, 0.2) is 16.7 Å². The lowest BCUT2D eigenvalue weighted by Crippen LogP contribution is -2.49. The van der Waals surface area contributed by atoms with E-state index in [1.54, 1.807) is 4.90 Å². The molecule has 0 aliphatic carbocycles. The van der Waals surface area contributed by atoms with Crippen molar-refractivity contribution in [2.75, 3.05) is 32.8 Å². The van der Waals surface area contributed by atoms with Crippen molar-refractivity contribution in [2.45, 2.75) is 57.4 Å². The smallest absolute Gasteiger partial charge is 0.291 e. The van der Waals surface area contributed by atoms with E-state index in [2.05, 4.69) is 20.1 Å². The minimum atomic E-state index is -0.978. The normalized spacial score (nSPS) is 18.7. The van der Waals surface area contributed by atoms with Gasteiger partial charge in [0, 0.05) is 30.4 Å². The first-order chi connectivity index (χ1) is 16.9. The summed E-state index contributed by atoms with van der Waals surface area (Å²) in [6, 6.07) is 3.06. The van der Waals surface area contributed by atoms with E-state index in [0.29, 0.717) is 36.1 Å². The van der Waals surface area contributed by atoms with Gasteiger partial charge in [-0.2, -0.15) is 14.8 Å². The number of hydrogen-bond donors (Lipinski definition) is 1. The number of likely N-dealkylation sites (tertiary alicyclic amines) is 2. The molecule has 2 aromatic heterocycles. The standard InChI is InChI=1S/C24H30F2N6O3/c1-14(2)21-17-3-4-18(25)20(26)22(17)32(28-21)24-27-23(35-29-24)15-5-9-30(10-6-15)16-7-11-31(12-8-16)19(34)13-33/h3-4,14-16,33H,5-13H2,1-2H3. The van der Waals surface area contributed by atoms with E-state index in [-0.39, 0.29) is 29.2 Å². The average Bonchev–Trinajstić information content (AvgIpc) is 3.52. The summed E-state index contributed by atoms with van der Waals surface area (Å²) < 4.78 is 35.5. The number of carbonyl (C=O) groups is 1. The third-order valence-electron chi connectivity index (χ3n) is 7.28. The number of halogens is 2. The monoisotopic (exact) mass is 488 g/mol. The van der Waals surface area contributed by atoms with E-state index >= 15 is 0 Å². The maximum absolute atomic E-state index is 14.7. The Hall–Kier alpha value is -2.92. The number of aromatic nitrogens is 4. The second-order valence-electron chi connectivity index (χ2n) is 9.72. The van der Waals surface area contributed by atoms with Gasteiger partial charge in [0.05, 0.1) is 5.69 Å². The van der Waals surface area contributed by atoms with Gasteiger partial charge in [0.1, 0.15) is 12.1 Å². The van der Waals surface area contributed by atoms with Crippen LogP contribution in [0.5, 0.6) is 0 Å². The number of piperidine rings is 2. The summed E-state index contributed by atoms with van der Waals surface area (Å²) in [5.74, 6) is -1.46. The molecule has 1 amide bonds. The Morgan fingerprint density at radius 1 is 1.14 bits per heavy atom. The molecule has 2 aliphatic rings. The number of fused-ring (bicyclic) bond motifs is 1. The molecule has 35 heavy (non-hydrogen) atoms. The van der Waals surface area contributed by atoms with Crippen LogP contribution >= 0.6 is 0 Å². The molecule has 0 unspecified atom stereocenters. The number of carbonyl (C=O) groups excluding carboxylic acids is 1. The third-order valence-corrected chi connectivity index (χ3v) is 7.28. The predicted octanol–water partition coefficient (Wildman–Crippen LogP) is 2.97. The molecule has 2 saturated heterocycles. The van der Waals surface area contributed by atoms with E-state index < -0.39 is 18.2 Å². The molecule has 4 heterocycles. The van der Waals surface area contributed by atoms with Crippen LogP contribution in [0.1, 0.15) is 63.0 Å². The van der Waals surface area contributed by atoms with Crippen molar-refractivity contribution >= 4 is 16.8 Å². The van der Waals surface area contributed by atoms with E-state index in [1.165, 1.54) is 10.7 Å². The van der Waals surface area contributed by atoms with Crippen molar-refractivity contribution in [1.82, 2.24) is 29.7 Å². The van der Waals surface area contributed by atoms with Crippen molar-refractivity contribution in [1.29, 1.82) is 0 Å². The van der Waals surface area contributed by atoms with Crippen molar-refractivity contribution in [3.05, 3.63) is 35.4 Å². The number of benzene rings is 1. The molecule has 188 valence electrons. The summed E-state index contributed by atoms with van der Waals surface area (Å²) in [6.45, 7) is 6.55. The highest BCUT2D eigenvalue weighted by molar-refractivity contribution is 5.84. The first-order valence-electron chi connectivity index (χ1n) is 12.2. The maximum atomic E-state index is 14.7. The molecule has 0 atom stereocenters. The first kappa shape index (κ1) is 23.8. The molecule has 1 aromatic carbocycles. The van der Waals surface area contributed by atoms with Crippen LogP contribution in [-0.2, 0) is 4.79 Å². The molecule has 1 N–H and O–H groups in total. The molecule has 0 radical (unpaired) electrons. The fraction of sp³-hybridized carbons (Fsp3) is 0.583. The SMILES string of the molecule is CC(C)c1nn(-c2noc(C3CCN(C4CCN(C(=O)CO)CC4)CC3)n2)c2c(F)c(F)ccc12. The van der Waals surface area contributed by atoms with Crippen LogP contribution in [0.2, 0.25) is 0 Å². The molecule has 0 bridgehead atoms. The highest BCUT2D eigenvalue weighted by Gasteiger charge is 2.32. The summed E-state index contributed by atoms with van der Waals surface area (Å²) in [7, 11) is 0. The van der Waals surface area contributed by atoms with Crippen molar-refractivity contribution in [2.24, 2.45) is 0 Å². The zero-order valence-electron chi connectivity index (χ0n) is 20.0. The molecule has 5 rings (SSSR count). The molecule has 0 saturated carbocycles. The van der Waals surface area contributed by atoms with Crippen LogP contribution in [0.4, 0.5) is 8.78 Å². The summed E-state index contributed by atoms with van der Waals surface area (Å²) in [6.07, 6.45) is 3.48. The topological polar surface area (TPSA) is 101 Å². The predicted molar refractivity (Wildman–Crippen MR) is 123 cm³/mol. The lowest BCUT2D eigenvalue weighted by Gasteiger charge is -2.41. The van der Waals surface area contributed by atoms with Crippen LogP contribution < -0.4 is 0 Å². The van der Waals surface area contributed by atoms with E-state index in [9.17, 15) is 13.6 Å². The molecular formula is C24H30F2N6O3. The average molecular weight is 489 g/mol. The van der Waals surface area contributed by atoms with Gasteiger partial charge in [0.25, 0.3) is 5.95 Å². The number of aliphatic hydroxyl groups excluding tert-OH is 1. The summed E-state index contributed by atoms with van der Waals surface area (Å²) in [5.41, 5.74) is 0.659. The maximum Gasteiger partial charge on any atom is 0.291 e. The van der Waals surface area contributed by atoms with E-state index in [1.807, 2.05) is 13.8 Å². The second kappa shape index (κ2) is 9.62. The van der Waals surface area contributed by atoms with Gasteiger partial charge in [0.2, 0.25) is 11.8 Å². The quantitative estimate of drug-likeness (QED) is 0.589. The zero-order chi connectivity index (χ0) is 24.7. The van der Waals surface area contributed by atoms with Gasteiger partial charge in [-0.1, -0.05) is 13.8 Å². The minimum Gasteiger partial charge on any atom is -0.387 e. The van der Waals surface area contributed by atoms with Gasteiger partial charge in [-0.15, -0.1) is 0 Å². The Labute approximate surface area is 201 Å². The fourth-order valence-electron chi connectivity index (χ4n) is 5.31. The van der Waals surface area contributed by atoms with Crippen LogP contribution in [0.25, 0.3) is 16.9 Å². The van der Waals surface area contributed by atoms with E-state index in [4.69, 9.17) is 9.63 Å². The van der Waals surface area contributed by atoms with Crippen LogP contribution in [0, 0.1) is 11.6 Å². The fourth-order valence-corrected chi connectivity index (χ4v) is 5.31. The van der Waals surface area contributed by atoms with E-state index in [0.717, 1.165) is 44.8 Å². The Balaban J connectivity index is 1.28. The van der Waals surface area contributed by atoms with Crippen molar-refractivity contribution in [3.63, 3.8) is 0 Å². The first-order valence-corrected chi connectivity index (χ1v) is 12.2. The van der Waals surface area contributed by atoms with Gasteiger partial charge < -0.3 is 19.4 Å². The Bertz CT molecular complexity index is 1210. The van der Waals surface area contributed by atoms with Gasteiger partial charge in [-0.3, -0.25) is 4.79 Å². The molecule has 9 nitrogen and oxygen atoms in total.